The minimum Gasteiger partial charge on any atom is -0.354 e. The van der Waals surface area contributed by atoms with E-state index in [9.17, 15) is 0 Å². The lowest BCUT2D eigenvalue weighted by molar-refractivity contribution is 0.312. The minimum atomic E-state index is 0. The molecule has 0 bridgehead atoms. The number of hydrogen-bond acceptors (Lipinski definition) is 4. The maximum atomic E-state index is 4.58. The fourth-order valence-corrected chi connectivity index (χ4v) is 3.86. The van der Waals surface area contributed by atoms with E-state index in [1.807, 2.05) is 13.2 Å². The van der Waals surface area contributed by atoms with Crippen molar-refractivity contribution in [2.24, 2.45) is 10.9 Å². The zero-order chi connectivity index (χ0) is 22.2. The Balaban J connectivity index is 0.00000363. The number of hydrogen-bond donors (Lipinski definition) is 2. The summed E-state index contributed by atoms with van der Waals surface area (Å²) >= 11 is 0. The Bertz CT molecular complexity index is 844. The van der Waals surface area contributed by atoms with Gasteiger partial charge in [0.05, 0.1) is 6.04 Å². The average molecular weight is 551 g/mol. The molecule has 0 spiro atoms. The Morgan fingerprint density at radius 2 is 1.72 bits per heavy atom. The van der Waals surface area contributed by atoms with Crippen LogP contribution in [-0.2, 0) is 13.0 Å². The lowest BCUT2D eigenvalue weighted by atomic mass is 10.00. The highest BCUT2D eigenvalue weighted by Gasteiger charge is 2.15. The van der Waals surface area contributed by atoms with E-state index in [4.69, 9.17) is 0 Å². The number of rotatable bonds is 7. The second-order valence-corrected chi connectivity index (χ2v) is 8.94. The van der Waals surface area contributed by atoms with Gasteiger partial charge in [-0.2, -0.15) is 0 Å². The third kappa shape index (κ3) is 7.92. The molecule has 7 heteroatoms. The van der Waals surface area contributed by atoms with Crippen molar-refractivity contribution >= 4 is 35.8 Å². The number of likely N-dealkylation sites (N-methyl/N-ethyl adjacent to an activating group) is 1. The van der Waals surface area contributed by atoms with Crippen LogP contribution in [0.1, 0.15) is 43.5 Å². The molecule has 1 saturated heterocycles. The second kappa shape index (κ2) is 13.0. The van der Waals surface area contributed by atoms with Gasteiger partial charge in [0.1, 0.15) is 5.82 Å². The quantitative estimate of drug-likeness (QED) is 0.309. The standard InChI is InChI=1S/C25H38N6.HI/c1-19(2)16-21-6-8-23(9-7-21)20(3)29-25(26-4)28-18-22-10-11-27-24(17-22)31-14-12-30(5)13-15-31;/h6-11,17,19-20H,12-16,18H2,1-5H3,(H2,26,28,29);1H. The summed E-state index contributed by atoms with van der Waals surface area (Å²) in [7, 11) is 3.99. The van der Waals surface area contributed by atoms with Gasteiger partial charge in [-0.1, -0.05) is 38.1 Å². The van der Waals surface area contributed by atoms with Gasteiger partial charge in [0, 0.05) is 46.0 Å². The van der Waals surface area contributed by atoms with Crippen molar-refractivity contribution in [3.05, 3.63) is 59.3 Å². The number of halogens is 1. The Kier molecular flexibility index (Phi) is 10.7. The Morgan fingerprint density at radius 1 is 1.03 bits per heavy atom. The molecule has 2 heterocycles. The highest BCUT2D eigenvalue weighted by molar-refractivity contribution is 14.0. The predicted molar refractivity (Wildman–Crippen MR) is 146 cm³/mol. The number of nitrogens with zero attached hydrogens (tertiary/aromatic N) is 4. The zero-order valence-electron chi connectivity index (χ0n) is 20.1. The van der Waals surface area contributed by atoms with Crippen LogP contribution in [0.2, 0.25) is 0 Å². The van der Waals surface area contributed by atoms with Gasteiger partial charge in [-0.25, -0.2) is 4.98 Å². The topological polar surface area (TPSA) is 55.8 Å². The van der Waals surface area contributed by atoms with Gasteiger partial charge >= 0.3 is 0 Å². The number of nitrogens with one attached hydrogen (secondary N) is 2. The van der Waals surface area contributed by atoms with Gasteiger partial charge in [-0.3, -0.25) is 4.99 Å². The molecule has 1 aromatic carbocycles. The molecule has 0 saturated carbocycles. The first-order chi connectivity index (χ1) is 14.9. The van der Waals surface area contributed by atoms with Crippen molar-refractivity contribution in [1.82, 2.24) is 20.5 Å². The molecule has 32 heavy (non-hydrogen) atoms. The van der Waals surface area contributed by atoms with Gasteiger partial charge in [0.15, 0.2) is 5.96 Å². The van der Waals surface area contributed by atoms with Crippen LogP contribution in [0.5, 0.6) is 0 Å². The summed E-state index contributed by atoms with van der Waals surface area (Å²) in [5.41, 5.74) is 3.86. The van der Waals surface area contributed by atoms with Crippen LogP contribution in [0.3, 0.4) is 0 Å². The van der Waals surface area contributed by atoms with E-state index in [-0.39, 0.29) is 30.0 Å². The summed E-state index contributed by atoms with van der Waals surface area (Å²) in [6.07, 6.45) is 3.02. The fraction of sp³-hybridized carbons (Fsp3) is 0.520. The van der Waals surface area contributed by atoms with E-state index in [2.05, 4.69) is 94.6 Å². The van der Waals surface area contributed by atoms with Crippen LogP contribution in [0.15, 0.2) is 47.6 Å². The van der Waals surface area contributed by atoms with E-state index in [0.717, 1.165) is 44.4 Å². The Hall–Kier alpha value is -1.87. The van der Waals surface area contributed by atoms with Crippen LogP contribution < -0.4 is 15.5 Å². The van der Waals surface area contributed by atoms with Crippen molar-refractivity contribution < 1.29 is 0 Å². The molecule has 1 aromatic heterocycles. The minimum absolute atomic E-state index is 0. The largest absolute Gasteiger partial charge is 0.354 e. The molecule has 6 nitrogen and oxygen atoms in total. The number of guanidine groups is 1. The summed E-state index contributed by atoms with van der Waals surface area (Å²) in [5.74, 6) is 2.54. The summed E-state index contributed by atoms with van der Waals surface area (Å²) in [4.78, 5) is 13.7. The second-order valence-electron chi connectivity index (χ2n) is 8.94. The highest BCUT2D eigenvalue weighted by Crippen LogP contribution is 2.16. The zero-order valence-corrected chi connectivity index (χ0v) is 22.5. The van der Waals surface area contributed by atoms with Gasteiger partial charge < -0.3 is 20.4 Å². The van der Waals surface area contributed by atoms with Gasteiger partial charge in [-0.05, 0) is 55.1 Å². The van der Waals surface area contributed by atoms with Gasteiger partial charge in [0.2, 0.25) is 0 Å². The van der Waals surface area contributed by atoms with Crippen LogP contribution in [0.25, 0.3) is 0 Å². The molecule has 0 amide bonds. The fourth-order valence-electron chi connectivity index (χ4n) is 3.86. The molecule has 3 rings (SSSR count). The number of anilines is 1. The summed E-state index contributed by atoms with van der Waals surface area (Å²) in [6.45, 7) is 11.6. The Morgan fingerprint density at radius 3 is 2.34 bits per heavy atom. The lowest BCUT2D eigenvalue weighted by Gasteiger charge is -2.33. The van der Waals surface area contributed by atoms with Crippen LogP contribution >= 0.6 is 24.0 Å². The Labute approximate surface area is 210 Å². The third-order valence-corrected chi connectivity index (χ3v) is 5.80. The summed E-state index contributed by atoms with van der Waals surface area (Å²) in [6, 6.07) is 13.3. The van der Waals surface area contributed by atoms with E-state index < -0.39 is 0 Å². The third-order valence-electron chi connectivity index (χ3n) is 5.80. The first-order valence-corrected chi connectivity index (χ1v) is 11.4. The van der Waals surface area contributed by atoms with Crippen LogP contribution in [0.4, 0.5) is 5.82 Å². The number of pyridine rings is 1. The molecule has 1 aliphatic rings. The van der Waals surface area contributed by atoms with E-state index in [1.165, 1.54) is 16.7 Å². The first kappa shape index (κ1) is 26.4. The molecule has 1 aliphatic heterocycles. The van der Waals surface area contributed by atoms with Gasteiger partial charge in [-0.15, -0.1) is 24.0 Å². The van der Waals surface area contributed by atoms with Gasteiger partial charge in [0.25, 0.3) is 0 Å². The summed E-state index contributed by atoms with van der Waals surface area (Å²) in [5, 5.41) is 6.95. The average Bonchev–Trinajstić information content (AvgIpc) is 2.77. The molecule has 0 radical (unpaired) electrons. The first-order valence-electron chi connectivity index (χ1n) is 11.4. The number of aliphatic imine (C=N–C) groups is 1. The molecule has 0 aliphatic carbocycles. The van der Waals surface area contributed by atoms with Crippen LogP contribution in [-0.4, -0.2) is 56.1 Å². The van der Waals surface area contributed by atoms with Crippen LogP contribution in [0, 0.1) is 5.92 Å². The van der Waals surface area contributed by atoms with E-state index >= 15 is 0 Å². The molecule has 2 N–H and O–H groups in total. The SMILES string of the molecule is CN=C(NCc1ccnc(N2CCN(C)CC2)c1)NC(C)c1ccc(CC(C)C)cc1.I. The van der Waals surface area contributed by atoms with Crippen molar-refractivity contribution in [2.75, 3.05) is 45.2 Å². The predicted octanol–water partition coefficient (Wildman–Crippen LogP) is 4.08. The maximum absolute atomic E-state index is 4.58. The number of benzene rings is 1. The molecule has 2 aromatic rings. The molecule has 1 fully saturated rings. The molecule has 176 valence electrons. The molecular weight excluding hydrogens is 511 g/mol. The van der Waals surface area contributed by atoms with Crippen molar-refractivity contribution in [3.63, 3.8) is 0 Å². The number of piperazine rings is 1. The number of aromatic nitrogens is 1. The van der Waals surface area contributed by atoms with Crippen molar-refractivity contribution in [2.45, 2.75) is 39.8 Å². The van der Waals surface area contributed by atoms with E-state index in [0.29, 0.717) is 12.5 Å². The van der Waals surface area contributed by atoms with Crippen molar-refractivity contribution in [1.29, 1.82) is 0 Å². The maximum Gasteiger partial charge on any atom is 0.191 e. The van der Waals surface area contributed by atoms with E-state index in [1.54, 1.807) is 0 Å². The van der Waals surface area contributed by atoms with Crippen molar-refractivity contribution in [3.8, 4) is 0 Å². The monoisotopic (exact) mass is 550 g/mol. The molecule has 1 unspecified atom stereocenters. The summed E-state index contributed by atoms with van der Waals surface area (Å²) < 4.78 is 0. The molecule has 1 atom stereocenters. The highest BCUT2D eigenvalue weighted by atomic mass is 127. The lowest BCUT2D eigenvalue weighted by Crippen LogP contribution is -2.44. The smallest absolute Gasteiger partial charge is 0.191 e. The normalized spacial score (nSPS) is 15.9. The molecular formula is C25H39IN6.